The van der Waals surface area contributed by atoms with E-state index >= 15 is 0 Å². The molecule has 6 N–H and O–H groups in total. The number of anilines is 2. The molecule has 0 fully saturated rings. The van der Waals surface area contributed by atoms with Crippen LogP contribution in [0, 0.1) is 13.8 Å². The number of aromatic nitrogens is 2. The largest absolute Gasteiger partial charge is 0.508 e. The Morgan fingerprint density at radius 2 is 2.11 bits per heavy atom. The lowest BCUT2D eigenvalue weighted by Crippen LogP contribution is -2.25. The molecule has 0 bridgehead atoms. The summed E-state index contributed by atoms with van der Waals surface area (Å²) in [7, 11) is 1.62. The van der Waals surface area contributed by atoms with Crippen LogP contribution in [-0.2, 0) is 11.8 Å². The highest BCUT2D eigenvalue weighted by molar-refractivity contribution is 8.04. The predicted molar refractivity (Wildman–Crippen MR) is 104 cm³/mol. The summed E-state index contributed by atoms with van der Waals surface area (Å²) in [4.78, 5) is 24.3. The van der Waals surface area contributed by atoms with Crippen molar-refractivity contribution in [3.05, 3.63) is 46.1 Å². The van der Waals surface area contributed by atoms with Crippen molar-refractivity contribution in [1.82, 2.24) is 15.1 Å². The van der Waals surface area contributed by atoms with Crippen LogP contribution in [0.15, 0.2) is 29.3 Å². The van der Waals surface area contributed by atoms with Crippen molar-refractivity contribution in [3.8, 4) is 5.75 Å². The minimum Gasteiger partial charge on any atom is -0.508 e. The molecule has 1 unspecified atom stereocenters. The van der Waals surface area contributed by atoms with Crippen molar-refractivity contribution in [1.29, 1.82) is 0 Å². The summed E-state index contributed by atoms with van der Waals surface area (Å²) >= 11 is 1.27. The summed E-state index contributed by atoms with van der Waals surface area (Å²) in [6, 6.07) is 4.88. The van der Waals surface area contributed by atoms with Crippen molar-refractivity contribution in [2.24, 2.45) is 12.8 Å². The van der Waals surface area contributed by atoms with Gasteiger partial charge in [-0.2, -0.15) is 5.10 Å². The second-order valence-electron chi connectivity index (χ2n) is 6.08. The minimum atomic E-state index is -0.569. The van der Waals surface area contributed by atoms with Crippen LogP contribution in [0.5, 0.6) is 5.75 Å². The summed E-state index contributed by atoms with van der Waals surface area (Å²) in [6.45, 7) is 3.60. The maximum atomic E-state index is 12.5. The van der Waals surface area contributed by atoms with E-state index in [2.05, 4.69) is 21.0 Å². The fraction of sp³-hybridized carbons (Fsp3) is 0.235. The van der Waals surface area contributed by atoms with Gasteiger partial charge in [-0.25, -0.2) is 0 Å². The normalized spacial score (nSPS) is 15.8. The third kappa shape index (κ3) is 3.85. The van der Waals surface area contributed by atoms with Gasteiger partial charge in [0.1, 0.15) is 11.4 Å². The van der Waals surface area contributed by atoms with Gasteiger partial charge in [-0.1, -0.05) is 17.8 Å². The average molecular weight is 388 g/mol. The molecule has 2 amide bonds. The topological polar surface area (TPSA) is 134 Å². The summed E-state index contributed by atoms with van der Waals surface area (Å²) in [5.74, 6) is -0.263. The number of rotatable bonds is 5. The predicted octanol–water partition coefficient (Wildman–Crippen LogP) is 1.35. The minimum absolute atomic E-state index is 0.127. The number of nitrogens with zero attached hydrogens (tertiary/aromatic N) is 2. The van der Waals surface area contributed by atoms with E-state index in [-0.39, 0.29) is 22.8 Å². The number of carbonyl (C=O) groups excluding carboxylic acids is 2. The molecule has 0 saturated carbocycles. The lowest BCUT2D eigenvalue weighted by molar-refractivity contribution is -0.112. The van der Waals surface area contributed by atoms with Crippen LogP contribution in [0.25, 0.3) is 0 Å². The van der Waals surface area contributed by atoms with Crippen LogP contribution in [0.3, 0.4) is 0 Å². The maximum absolute atomic E-state index is 12.5. The number of phenolic OH excluding ortho intramolecular Hbond substituents is 1. The monoisotopic (exact) mass is 388 g/mol. The Balaban J connectivity index is 1.64. The van der Waals surface area contributed by atoms with Gasteiger partial charge < -0.3 is 26.8 Å². The van der Waals surface area contributed by atoms with Crippen molar-refractivity contribution < 1.29 is 14.7 Å². The van der Waals surface area contributed by atoms with Gasteiger partial charge in [-0.15, -0.1) is 0 Å². The zero-order valence-electron chi connectivity index (χ0n) is 15.0. The molecule has 2 aromatic rings. The highest BCUT2D eigenvalue weighted by Gasteiger charge is 2.24. The molecule has 3 rings (SSSR count). The standard InChI is InChI=1S/C17H20N6O3S/c1-8-4-5-11(24)9(2)14(8)21-16(26)12-7-19-17(27-12)20-13-6-10(15(18)25)23(3)22-13/h4-7,17,19,24H,1-3H3,(H2,18,25)(H,20,22)(H,21,26). The van der Waals surface area contributed by atoms with Crippen molar-refractivity contribution in [3.63, 3.8) is 0 Å². The summed E-state index contributed by atoms with van der Waals surface area (Å²) in [5.41, 5.74) is 7.29. The number of thioether (sulfide) groups is 1. The molecule has 1 aliphatic heterocycles. The molecule has 0 aliphatic carbocycles. The number of carbonyl (C=O) groups is 2. The number of phenols is 1. The first-order chi connectivity index (χ1) is 12.8. The van der Waals surface area contributed by atoms with Crippen LogP contribution >= 0.6 is 11.8 Å². The van der Waals surface area contributed by atoms with Gasteiger partial charge in [0.15, 0.2) is 11.3 Å². The number of amides is 2. The number of aromatic hydroxyl groups is 1. The molecule has 0 radical (unpaired) electrons. The molecule has 0 saturated heterocycles. The second-order valence-corrected chi connectivity index (χ2v) is 7.22. The Morgan fingerprint density at radius 3 is 2.78 bits per heavy atom. The molecule has 1 aromatic heterocycles. The molecule has 2 heterocycles. The molecular formula is C17H20N6O3S. The van der Waals surface area contributed by atoms with E-state index in [4.69, 9.17) is 5.73 Å². The van der Waals surface area contributed by atoms with Crippen LogP contribution in [0.1, 0.15) is 21.6 Å². The Morgan fingerprint density at radius 1 is 1.37 bits per heavy atom. The van der Waals surface area contributed by atoms with Crippen LogP contribution < -0.4 is 21.7 Å². The molecule has 1 aromatic carbocycles. The molecule has 142 valence electrons. The Kier molecular flexibility index (Phi) is 5.00. The first kappa shape index (κ1) is 18.6. The average Bonchev–Trinajstić information content (AvgIpc) is 3.22. The van der Waals surface area contributed by atoms with Gasteiger partial charge in [0.05, 0.1) is 10.6 Å². The van der Waals surface area contributed by atoms with E-state index in [1.807, 2.05) is 6.92 Å². The fourth-order valence-corrected chi connectivity index (χ4v) is 3.51. The van der Waals surface area contributed by atoms with Gasteiger partial charge in [-0.05, 0) is 25.5 Å². The lowest BCUT2D eigenvalue weighted by atomic mass is 10.1. The summed E-state index contributed by atoms with van der Waals surface area (Å²) in [6.07, 6.45) is 1.60. The van der Waals surface area contributed by atoms with E-state index in [0.717, 1.165) is 5.56 Å². The maximum Gasteiger partial charge on any atom is 0.267 e. The third-order valence-electron chi connectivity index (χ3n) is 4.13. The molecule has 10 heteroatoms. The van der Waals surface area contributed by atoms with Crippen molar-refractivity contribution >= 4 is 35.1 Å². The SMILES string of the molecule is Cc1ccc(O)c(C)c1NC(=O)C1=CNC(Nc2cc(C(N)=O)n(C)n2)S1. The molecular weight excluding hydrogens is 368 g/mol. The van der Waals surface area contributed by atoms with Crippen molar-refractivity contribution in [2.45, 2.75) is 19.3 Å². The van der Waals surface area contributed by atoms with Crippen LogP contribution in [0.4, 0.5) is 11.5 Å². The molecule has 1 atom stereocenters. The summed E-state index contributed by atoms with van der Waals surface area (Å²) < 4.78 is 1.39. The Bertz CT molecular complexity index is 952. The molecule has 9 nitrogen and oxygen atoms in total. The Hall–Kier alpha value is -3.14. The van der Waals surface area contributed by atoms with E-state index in [1.54, 1.807) is 38.4 Å². The number of aryl methyl sites for hydroxylation is 2. The first-order valence-electron chi connectivity index (χ1n) is 8.10. The molecule has 27 heavy (non-hydrogen) atoms. The van der Waals surface area contributed by atoms with Gasteiger partial charge in [-0.3, -0.25) is 14.3 Å². The first-order valence-corrected chi connectivity index (χ1v) is 8.98. The highest BCUT2D eigenvalue weighted by atomic mass is 32.2. The summed E-state index contributed by atoms with van der Waals surface area (Å²) in [5, 5.41) is 23.0. The second kappa shape index (κ2) is 7.23. The van der Waals surface area contributed by atoms with E-state index in [9.17, 15) is 14.7 Å². The van der Waals surface area contributed by atoms with Crippen molar-refractivity contribution in [2.75, 3.05) is 10.6 Å². The lowest BCUT2D eigenvalue weighted by Gasteiger charge is -2.14. The van der Waals surface area contributed by atoms with Crippen LogP contribution in [-0.4, -0.2) is 32.2 Å². The van der Waals surface area contributed by atoms with E-state index in [1.165, 1.54) is 16.4 Å². The third-order valence-corrected chi connectivity index (χ3v) is 5.18. The zero-order valence-corrected chi connectivity index (χ0v) is 15.8. The zero-order chi connectivity index (χ0) is 19.7. The number of nitrogens with two attached hydrogens (primary N) is 1. The molecule has 0 spiro atoms. The van der Waals surface area contributed by atoms with Gasteiger partial charge in [0.25, 0.3) is 11.8 Å². The van der Waals surface area contributed by atoms with Gasteiger partial charge in [0.2, 0.25) is 0 Å². The number of hydrogen-bond acceptors (Lipinski definition) is 7. The fourth-order valence-electron chi connectivity index (χ4n) is 2.64. The molecule has 1 aliphatic rings. The number of primary amides is 1. The van der Waals surface area contributed by atoms with E-state index < -0.39 is 5.91 Å². The number of nitrogens with one attached hydrogen (secondary N) is 3. The van der Waals surface area contributed by atoms with Crippen LogP contribution in [0.2, 0.25) is 0 Å². The van der Waals surface area contributed by atoms with E-state index in [0.29, 0.717) is 22.0 Å². The number of hydrogen-bond donors (Lipinski definition) is 5. The highest BCUT2D eigenvalue weighted by Crippen LogP contribution is 2.31. The van der Waals surface area contributed by atoms with Gasteiger partial charge in [0, 0.05) is 24.9 Å². The smallest absolute Gasteiger partial charge is 0.267 e. The number of benzene rings is 1. The quantitative estimate of drug-likeness (QED) is 0.522. The Labute approximate surface area is 160 Å². The van der Waals surface area contributed by atoms with Gasteiger partial charge >= 0.3 is 0 Å².